The van der Waals surface area contributed by atoms with Crippen molar-refractivity contribution in [2.24, 2.45) is 0 Å². The molecule has 0 saturated carbocycles. The first-order valence-electron chi connectivity index (χ1n) is 8.35. The van der Waals surface area contributed by atoms with E-state index < -0.39 is 6.10 Å². The van der Waals surface area contributed by atoms with Crippen LogP contribution < -0.4 is 15.4 Å². The minimum Gasteiger partial charge on any atom is -0.481 e. The maximum atomic E-state index is 12.4. The Morgan fingerprint density at radius 3 is 2.24 bits per heavy atom. The fourth-order valence-corrected chi connectivity index (χ4v) is 2.31. The van der Waals surface area contributed by atoms with Crippen molar-refractivity contribution in [3.05, 3.63) is 59.7 Å². The molecule has 0 aliphatic heterocycles. The lowest BCUT2D eigenvalue weighted by atomic mass is 10.1. The largest absolute Gasteiger partial charge is 0.481 e. The summed E-state index contributed by atoms with van der Waals surface area (Å²) in [6.45, 7) is 3.91. The normalized spacial score (nSPS) is 11.5. The molecule has 0 bridgehead atoms. The molecule has 2 amide bonds. The summed E-state index contributed by atoms with van der Waals surface area (Å²) in [5.41, 5.74) is 2.71. The van der Waals surface area contributed by atoms with Crippen molar-refractivity contribution in [3.8, 4) is 5.75 Å². The third-order valence-electron chi connectivity index (χ3n) is 3.83. The predicted octanol–water partition coefficient (Wildman–Crippen LogP) is 3.08. The Morgan fingerprint density at radius 2 is 1.68 bits per heavy atom. The van der Waals surface area contributed by atoms with Gasteiger partial charge in [-0.25, -0.2) is 0 Å². The van der Waals surface area contributed by atoms with Crippen LogP contribution in [0.1, 0.15) is 24.5 Å². The number of anilines is 1. The molecule has 2 N–H and O–H groups in total. The maximum absolute atomic E-state index is 12.4. The summed E-state index contributed by atoms with van der Waals surface area (Å²) in [6.07, 6.45) is 0.320. The van der Waals surface area contributed by atoms with Crippen molar-refractivity contribution in [2.75, 3.05) is 12.4 Å². The van der Waals surface area contributed by atoms with E-state index in [0.717, 1.165) is 11.1 Å². The Hall–Kier alpha value is -2.82. The lowest BCUT2D eigenvalue weighted by Crippen LogP contribution is -2.32. The number of nitrogens with one attached hydrogen (secondary N) is 2. The molecule has 0 aliphatic carbocycles. The first kappa shape index (κ1) is 18.5. The zero-order valence-electron chi connectivity index (χ0n) is 14.8. The molecule has 2 aromatic carbocycles. The molecule has 0 fully saturated rings. The number of amides is 2. The predicted molar refractivity (Wildman–Crippen MR) is 98.7 cm³/mol. The minimum absolute atomic E-state index is 0.0469. The topological polar surface area (TPSA) is 67.4 Å². The van der Waals surface area contributed by atoms with Crippen LogP contribution in [0.4, 0.5) is 5.69 Å². The van der Waals surface area contributed by atoms with Gasteiger partial charge in [0.2, 0.25) is 5.91 Å². The van der Waals surface area contributed by atoms with Crippen molar-refractivity contribution in [2.45, 2.75) is 32.8 Å². The summed E-state index contributed by atoms with van der Waals surface area (Å²) in [7, 11) is 1.61. The zero-order valence-corrected chi connectivity index (χ0v) is 14.8. The van der Waals surface area contributed by atoms with Gasteiger partial charge in [0.05, 0.1) is 6.42 Å². The number of carbonyl (C=O) groups is 2. The highest BCUT2D eigenvalue weighted by molar-refractivity contribution is 5.94. The first-order chi connectivity index (χ1) is 12.0. The Labute approximate surface area is 148 Å². The molecule has 2 rings (SSSR count). The van der Waals surface area contributed by atoms with E-state index in [4.69, 9.17) is 4.74 Å². The molecule has 0 radical (unpaired) electrons. The summed E-state index contributed by atoms with van der Waals surface area (Å²) in [4.78, 5) is 23.8. The van der Waals surface area contributed by atoms with Gasteiger partial charge >= 0.3 is 0 Å². The molecule has 0 aliphatic rings. The molecular weight excluding hydrogens is 316 g/mol. The Kier molecular flexibility index (Phi) is 6.57. The number of hydrogen-bond donors (Lipinski definition) is 2. The van der Waals surface area contributed by atoms with Crippen LogP contribution in [-0.2, 0) is 16.0 Å². The summed E-state index contributed by atoms with van der Waals surface area (Å²) in [5.74, 6) is 0.435. The molecular formula is C20H24N2O3. The lowest BCUT2D eigenvalue weighted by molar-refractivity contribution is -0.123. The highest BCUT2D eigenvalue weighted by atomic mass is 16.5. The maximum Gasteiger partial charge on any atom is 0.265 e. The van der Waals surface area contributed by atoms with E-state index in [1.165, 1.54) is 0 Å². The van der Waals surface area contributed by atoms with Crippen molar-refractivity contribution >= 4 is 17.5 Å². The van der Waals surface area contributed by atoms with E-state index in [2.05, 4.69) is 10.6 Å². The summed E-state index contributed by atoms with van der Waals surface area (Å²) < 4.78 is 5.78. The molecule has 0 spiro atoms. The molecule has 5 heteroatoms. The van der Waals surface area contributed by atoms with Gasteiger partial charge < -0.3 is 15.4 Å². The number of aryl methyl sites for hydroxylation is 1. The smallest absolute Gasteiger partial charge is 0.265 e. The Morgan fingerprint density at radius 1 is 1.04 bits per heavy atom. The molecule has 0 saturated heterocycles. The highest BCUT2D eigenvalue weighted by Gasteiger charge is 2.18. The van der Waals surface area contributed by atoms with Crippen LogP contribution in [0.5, 0.6) is 5.75 Å². The fraction of sp³-hybridized carbons (Fsp3) is 0.300. The second kappa shape index (κ2) is 8.87. The van der Waals surface area contributed by atoms with Crippen LogP contribution in [-0.4, -0.2) is 25.0 Å². The van der Waals surface area contributed by atoms with Gasteiger partial charge in [0.25, 0.3) is 5.91 Å². The summed E-state index contributed by atoms with van der Waals surface area (Å²) in [6, 6.07) is 14.8. The quantitative estimate of drug-likeness (QED) is 0.814. The zero-order chi connectivity index (χ0) is 18.2. The summed E-state index contributed by atoms with van der Waals surface area (Å²) in [5, 5.41) is 5.44. The Balaban J connectivity index is 1.96. The third-order valence-corrected chi connectivity index (χ3v) is 3.83. The molecule has 0 aromatic heterocycles. The van der Waals surface area contributed by atoms with Crippen LogP contribution in [0, 0.1) is 6.92 Å². The number of carbonyl (C=O) groups excluding carboxylic acids is 2. The lowest BCUT2D eigenvalue weighted by Gasteiger charge is -2.17. The second-order valence-corrected chi connectivity index (χ2v) is 5.86. The van der Waals surface area contributed by atoms with Crippen LogP contribution >= 0.6 is 0 Å². The molecule has 132 valence electrons. The molecule has 2 aromatic rings. The van der Waals surface area contributed by atoms with Crippen molar-refractivity contribution in [1.29, 1.82) is 0 Å². The van der Waals surface area contributed by atoms with E-state index in [1.54, 1.807) is 19.2 Å². The molecule has 5 nitrogen and oxygen atoms in total. The molecule has 0 heterocycles. The standard InChI is InChI=1S/C20H24N2O3/c1-4-18(25-17-11-5-14(2)6-12-17)20(24)22-16-9-7-15(8-10-16)13-19(23)21-3/h5-12,18H,4,13H2,1-3H3,(H,21,23)(H,22,24). The molecule has 25 heavy (non-hydrogen) atoms. The molecule has 1 atom stereocenters. The van der Waals surface area contributed by atoms with E-state index in [-0.39, 0.29) is 11.8 Å². The van der Waals surface area contributed by atoms with E-state index in [9.17, 15) is 9.59 Å². The van der Waals surface area contributed by atoms with E-state index in [1.807, 2.05) is 50.2 Å². The highest BCUT2D eigenvalue weighted by Crippen LogP contribution is 2.16. The van der Waals surface area contributed by atoms with Crippen LogP contribution in [0.15, 0.2) is 48.5 Å². The van der Waals surface area contributed by atoms with Crippen molar-refractivity contribution < 1.29 is 14.3 Å². The number of benzene rings is 2. The number of ether oxygens (including phenoxy) is 1. The van der Waals surface area contributed by atoms with E-state index >= 15 is 0 Å². The SMILES string of the molecule is CCC(Oc1ccc(C)cc1)C(=O)Nc1ccc(CC(=O)NC)cc1. The average Bonchev–Trinajstić information content (AvgIpc) is 2.62. The van der Waals surface area contributed by atoms with Gasteiger partial charge in [-0.2, -0.15) is 0 Å². The second-order valence-electron chi connectivity index (χ2n) is 5.86. The van der Waals surface area contributed by atoms with Gasteiger partial charge in [-0.1, -0.05) is 36.8 Å². The van der Waals surface area contributed by atoms with Gasteiger partial charge in [0.1, 0.15) is 5.75 Å². The Bertz CT molecular complexity index is 709. The minimum atomic E-state index is -0.562. The number of rotatable bonds is 7. The van der Waals surface area contributed by atoms with Gasteiger partial charge in [-0.05, 0) is 43.2 Å². The monoisotopic (exact) mass is 340 g/mol. The van der Waals surface area contributed by atoms with Gasteiger partial charge in [0.15, 0.2) is 6.10 Å². The van der Waals surface area contributed by atoms with Crippen LogP contribution in [0.3, 0.4) is 0 Å². The van der Waals surface area contributed by atoms with Crippen molar-refractivity contribution in [3.63, 3.8) is 0 Å². The van der Waals surface area contributed by atoms with Crippen LogP contribution in [0.2, 0.25) is 0 Å². The number of likely N-dealkylation sites (N-methyl/N-ethyl adjacent to an activating group) is 1. The third kappa shape index (κ3) is 5.64. The average molecular weight is 340 g/mol. The van der Waals surface area contributed by atoms with Gasteiger partial charge in [-0.15, -0.1) is 0 Å². The first-order valence-corrected chi connectivity index (χ1v) is 8.35. The van der Waals surface area contributed by atoms with E-state index in [0.29, 0.717) is 24.3 Å². The van der Waals surface area contributed by atoms with Crippen molar-refractivity contribution in [1.82, 2.24) is 5.32 Å². The van der Waals surface area contributed by atoms with Gasteiger partial charge in [0, 0.05) is 12.7 Å². The van der Waals surface area contributed by atoms with Gasteiger partial charge in [-0.3, -0.25) is 9.59 Å². The molecule has 1 unspecified atom stereocenters. The summed E-state index contributed by atoms with van der Waals surface area (Å²) >= 11 is 0. The number of hydrogen-bond acceptors (Lipinski definition) is 3. The fourth-order valence-electron chi connectivity index (χ4n) is 2.31. The van der Waals surface area contributed by atoms with Crippen LogP contribution in [0.25, 0.3) is 0 Å².